The number of ketones is 1. The van der Waals surface area contributed by atoms with E-state index in [2.05, 4.69) is 44.8 Å². The fraction of sp³-hybridized carbons (Fsp3) is 0.919. The Kier molecular flexibility index (Phi) is 7.95. The Hall–Kier alpha value is -1.43. The number of nitrogens with zero attached hydrogens (tertiary/aromatic N) is 1. The first-order valence-electron chi connectivity index (χ1n) is 17.9. The third-order valence-corrected chi connectivity index (χ3v) is 15.6. The lowest BCUT2D eigenvalue weighted by molar-refractivity contribution is -0.249. The molecule has 1 aliphatic heterocycles. The largest absolute Gasteiger partial charge is 0.462 e. The first-order valence-corrected chi connectivity index (χ1v) is 17.9. The Morgan fingerprint density at radius 2 is 1.51 bits per heavy atom. The molecule has 5 aliphatic carbocycles. The van der Waals surface area contributed by atoms with E-state index in [4.69, 9.17) is 4.74 Å². The van der Waals surface area contributed by atoms with Gasteiger partial charge in [0.05, 0.1) is 5.41 Å². The Balaban J connectivity index is 1.28. The van der Waals surface area contributed by atoms with Crippen LogP contribution in [0.5, 0.6) is 0 Å². The second-order valence-corrected chi connectivity index (χ2v) is 17.4. The molecule has 6 rings (SSSR count). The number of fused-ring (bicyclic) bond motifs is 7. The number of carbonyl (C=O) groups is 3. The lowest BCUT2D eigenvalue weighted by atomic mass is 9.32. The molecule has 0 bridgehead atoms. The van der Waals surface area contributed by atoms with Gasteiger partial charge in [0.1, 0.15) is 11.9 Å². The van der Waals surface area contributed by atoms with Gasteiger partial charge < -0.3 is 15.0 Å². The average Bonchev–Trinajstić information content (AvgIpc) is 3.59. The molecule has 1 N–H and O–H groups in total. The van der Waals surface area contributed by atoms with Crippen molar-refractivity contribution >= 4 is 17.7 Å². The topological polar surface area (TPSA) is 75.7 Å². The highest BCUT2D eigenvalue weighted by atomic mass is 16.5. The van der Waals surface area contributed by atoms with Crippen molar-refractivity contribution in [1.29, 1.82) is 0 Å². The van der Waals surface area contributed by atoms with Gasteiger partial charge in [0.25, 0.3) is 0 Å². The molecule has 0 spiro atoms. The van der Waals surface area contributed by atoms with Crippen LogP contribution in [-0.2, 0) is 19.1 Å². The molecule has 1 amide bonds. The molecule has 0 radical (unpaired) electrons. The molecule has 0 aromatic rings. The van der Waals surface area contributed by atoms with Gasteiger partial charge in [-0.05, 0) is 137 Å². The van der Waals surface area contributed by atoms with E-state index in [1.807, 2.05) is 0 Å². The SMILES string of the molecule is CC(=O)O[C@H]1CC[C@]2(C)[C@H]3CC[C@@H]4[C@H]5[C@H](C(C)=O)CC[C@]5(C(=O)NCCN5CCCC5)CC[C@@]4(C)[C@]3(C)CC[C@H]2C1(C)C. The zero-order valence-corrected chi connectivity index (χ0v) is 28.4. The van der Waals surface area contributed by atoms with Crippen LogP contribution in [0.4, 0.5) is 0 Å². The number of rotatable bonds is 6. The summed E-state index contributed by atoms with van der Waals surface area (Å²) in [5.41, 5.74) is 0.0621. The number of nitrogens with one attached hydrogen (secondary N) is 1. The number of hydrogen-bond donors (Lipinski definition) is 1. The van der Waals surface area contributed by atoms with Crippen molar-refractivity contribution in [2.24, 2.45) is 56.7 Å². The molecular formula is C37H60N2O4. The van der Waals surface area contributed by atoms with E-state index < -0.39 is 0 Å². The van der Waals surface area contributed by atoms with Crippen molar-refractivity contribution in [2.45, 2.75) is 132 Å². The molecule has 10 atom stereocenters. The second-order valence-electron chi connectivity index (χ2n) is 17.4. The van der Waals surface area contributed by atoms with Crippen molar-refractivity contribution in [3.63, 3.8) is 0 Å². The van der Waals surface area contributed by atoms with Gasteiger partial charge in [-0.2, -0.15) is 0 Å². The van der Waals surface area contributed by atoms with Crippen molar-refractivity contribution in [1.82, 2.24) is 10.2 Å². The van der Waals surface area contributed by atoms with E-state index in [9.17, 15) is 14.4 Å². The van der Waals surface area contributed by atoms with E-state index in [-0.39, 0.29) is 56.9 Å². The average molecular weight is 597 g/mol. The summed E-state index contributed by atoms with van der Waals surface area (Å²) >= 11 is 0. The van der Waals surface area contributed by atoms with Crippen LogP contribution >= 0.6 is 0 Å². The van der Waals surface area contributed by atoms with Crippen molar-refractivity contribution in [3.05, 3.63) is 0 Å². The van der Waals surface area contributed by atoms with Crippen molar-refractivity contribution in [3.8, 4) is 0 Å². The smallest absolute Gasteiger partial charge is 0.302 e. The zero-order chi connectivity index (χ0) is 31.0. The molecule has 6 fully saturated rings. The quantitative estimate of drug-likeness (QED) is 0.341. The van der Waals surface area contributed by atoms with Gasteiger partial charge in [0.15, 0.2) is 0 Å². The van der Waals surface area contributed by atoms with E-state index >= 15 is 0 Å². The van der Waals surface area contributed by atoms with Crippen LogP contribution < -0.4 is 5.32 Å². The van der Waals surface area contributed by atoms with Crippen LogP contribution in [0.15, 0.2) is 0 Å². The van der Waals surface area contributed by atoms with Gasteiger partial charge in [-0.15, -0.1) is 0 Å². The third kappa shape index (κ3) is 4.60. The Labute approximate surface area is 261 Å². The Bertz CT molecular complexity index is 1130. The second kappa shape index (κ2) is 10.8. The van der Waals surface area contributed by atoms with Crippen molar-refractivity contribution in [2.75, 3.05) is 26.2 Å². The van der Waals surface area contributed by atoms with Crippen LogP contribution in [0.3, 0.4) is 0 Å². The summed E-state index contributed by atoms with van der Waals surface area (Å²) in [5.74, 6) is 2.11. The van der Waals surface area contributed by atoms with Gasteiger partial charge in [-0.3, -0.25) is 14.4 Å². The molecule has 1 heterocycles. The Morgan fingerprint density at radius 3 is 2.19 bits per heavy atom. The summed E-state index contributed by atoms with van der Waals surface area (Å²) in [5, 5.41) is 3.42. The lowest BCUT2D eigenvalue weighted by Crippen LogP contribution is -2.67. The standard InChI is InChI=1S/C37H60N2O4/c1-24(40)26-12-17-37(32(42)38-20-23-39-21-8-9-22-39)19-18-35(6)27(31(26)37)10-11-29-34(5)15-14-30(43-25(2)41)33(3,4)28(34)13-16-36(29,35)7/h26-31H,8-23H2,1-7H3,(H,38,42)/t26-,27+,28-,29+,30-,31+,34-,35+,36+,37-/m0/s1. The molecule has 242 valence electrons. The minimum absolute atomic E-state index is 0.00607. The number of Topliss-reactive ketones (excluding diaryl/α,β-unsaturated/α-hetero) is 1. The molecular weight excluding hydrogens is 536 g/mol. The highest BCUT2D eigenvalue weighted by molar-refractivity contribution is 5.87. The molecule has 0 aromatic heterocycles. The highest BCUT2D eigenvalue weighted by Crippen LogP contribution is 2.77. The first-order chi connectivity index (χ1) is 20.2. The Morgan fingerprint density at radius 1 is 0.791 bits per heavy atom. The van der Waals surface area contributed by atoms with E-state index in [1.54, 1.807) is 13.8 Å². The number of likely N-dealkylation sites (tertiary alicyclic amines) is 1. The predicted molar refractivity (Wildman–Crippen MR) is 169 cm³/mol. The van der Waals surface area contributed by atoms with Crippen LogP contribution in [-0.4, -0.2) is 54.8 Å². The molecule has 6 heteroatoms. The van der Waals surface area contributed by atoms with E-state index in [1.165, 1.54) is 32.1 Å². The molecule has 0 unspecified atom stereocenters. The molecule has 1 saturated heterocycles. The number of carbonyl (C=O) groups excluding carboxylic acids is 3. The predicted octanol–water partition coefficient (Wildman–Crippen LogP) is 6.80. The van der Waals surface area contributed by atoms with Crippen LogP contribution in [0.25, 0.3) is 0 Å². The van der Waals surface area contributed by atoms with Gasteiger partial charge in [0.2, 0.25) is 5.91 Å². The maximum Gasteiger partial charge on any atom is 0.302 e. The zero-order valence-electron chi connectivity index (χ0n) is 28.4. The van der Waals surface area contributed by atoms with Gasteiger partial charge >= 0.3 is 5.97 Å². The number of amides is 1. The minimum atomic E-state index is -0.389. The molecule has 6 nitrogen and oxygen atoms in total. The summed E-state index contributed by atoms with van der Waals surface area (Å²) < 4.78 is 5.93. The molecule has 5 saturated carbocycles. The fourth-order valence-corrected chi connectivity index (χ4v) is 13.3. The van der Waals surface area contributed by atoms with Crippen LogP contribution in [0.1, 0.15) is 126 Å². The molecule has 0 aromatic carbocycles. The molecule has 6 aliphatic rings. The number of hydrogen-bond acceptors (Lipinski definition) is 5. The third-order valence-electron chi connectivity index (χ3n) is 15.6. The van der Waals surface area contributed by atoms with Crippen molar-refractivity contribution < 1.29 is 19.1 Å². The monoisotopic (exact) mass is 596 g/mol. The first kappa shape index (κ1) is 31.5. The van der Waals surface area contributed by atoms with Gasteiger partial charge in [0, 0.05) is 31.3 Å². The van der Waals surface area contributed by atoms with Gasteiger partial charge in [-0.25, -0.2) is 0 Å². The summed E-state index contributed by atoms with van der Waals surface area (Å²) in [6.45, 7) is 19.8. The summed E-state index contributed by atoms with van der Waals surface area (Å²) in [7, 11) is 0. The molecule has 43 heavy (non-hydrogen) atoms. The fourth-order valence-electron chi connectivity index (χ4n) is 13.3. The maximum absolute atomic E-state index is 14.2. The number of esters is 1. The van der Waals surface area contributed by atoms with E-state index in [0.717, 1.165) is 71.1 Å². The highest BCUT2D eigenvalue weighted by Gasteiger charge is 2.72. The summed E-state index contributed by atoms with van der Waals surface area (Å²) in [4.78, 5) is 41.9. The van der Waals surface area contributed by atoms with E-state index in [0.29, 0.717) is 23.5 Å². The lowest BCUT2D eigenvalue weighted by Gasteiger charge is -2.72. The summed E-state index contributed by atoms with van der Waals surface area (Å²) in [6.07, 6.45) is 13.0. The van der Waals surface area contributed by atoms with Crippen LogP contribution in [0.2, 0.25) is 0 Å². The number of ether oxygens (including phenoxy) is 1. The normalized spacial score (nSPS) is 47.0. The van der Waals surface area contributed by atoms with Gasteiger partial charge in [-0.1, -0.05) is 34.6 Å². The van der Waals surface area contributed by atoms with Crippen LogP contribution in [0, 0.1) is 56.7 Å². The summed E-state index contributed by atoms with van der Waals surface area (Å²) in [6, 6.07) is 0. The maximum atomic E-state index is 14.2. The minimum Gasteiger partial charge on any atom is -0.462 e.